The number of alkyl halides is 3. The highest BCUT2D eigenvalue weighted by Gasteiger charge is 2.22. The van der Waals surface area contributed by atoms with Gasteiger partial charge in [0.2, 0.25) is 3.79 Å². The molecular formula is C5H6Cl3NO4. The highest BCUT2D eigenvalue weighted by Crippen LogP contribution is 2.25. The van der Waals surface area contributed by atoms with Crippen molar-refractivity contribution in [1.82, 2.24) is 5.32 Å². The minimum Gasteiger partial charge on any atom is -0.480 e. The third kappa shape index (κ3) is 9.52. The summed E-state index contributed by atoms with van der Waals surface area (Å²) in [7, 11) is 0. The number of halogens is 3. The zero-order chi connectivity index (χ0) is 11.4. The third-order valence-corrected chi connectivity index (χ3v) is 1.01. The molecule has 0 unspecified atom stereocenters. The molecule has 0 aromatic rings. The molecule has 0 saturated carbocycles. The Bertz CT molecular complexity index is 232. The van der Waals surface area contributed by atoms with Crippen molar-refractivity contribution in [3.8, 4) is 0 Å². The number of hydrogen-bond donors (Lipinski definition) is 2. The van der Waals surface area contributed by atoms with Gasteiger partial charge >= 0.3 is 12.1 Å². The number of carbonyl (C=O) groups is 2. The van der Waals surface area contributed by atoms with Gasteiger partial charge in [0.15, 0.2) is 0 Å². The van der Waals surface area contributed by atoms with E-state index >= 15 is 0 Å². The summed E-state index contributed by atoms with van der Waals surface area (Å²) >= 11 is 15.7. The van der Waals surface area contributed by atoms with Crippen LogP contribution in [0.15, 0.2) is 0 Å². The molecule has 2 N–H and O–H groups in total. The number of amides is 1. The van der Waals surface area contributed by atoms with Gasteiger partial charge in [0.1, 0.15) is 13.1 Å². The van der Waals surface area contributed by atoms with Gasteiger partial charge in [-0.15, -0.1) is 0 Å². The average molecular weight is 251 g/mol. The lowest BCUT2D eigenvalue weighted by atomic mass is 10.7. The molecular weight excluding hydrogens is 244 g/mol. The molecule has 0 aliphatic carbocycles. The number of carbonyl (C=O) groups excluding carboxylic acids is 1. The van der Waals surface area contributed by atoms with E-state index in [1.54, 1.807) is 5.32 Å². The minimum absolute atomic E-state index is 0.532. The van der Waals surface area contributed by atoms with Crippen LogP contribution in [0.5, 0.6) is 0 Å². The first-order valence-corrected chi connectivity index (χ1v) is 4.01. The van der Waals surface area contributed by atoms with E-state index in [0.717, 1.165) is 0 Å². The van der Waals surface area contributed by atoms with E-state index in [-0.39, 0.29) is 0 Å². The second-order valence-corrected chi connectivity index (χ2v) is 4.33. The lowest BCUT2D eigenvalue weighted by Crippen LogP contribution is -2.31. The quantitative estimate of drug-likeness (QED) is 0.738. The van der Waals surface area contributed by atoms with E-state index in [2.05, 4.69) is 4.74 Å². The Kier molecular flexibility index (Phi) is 4.41. The normalized spacial score (nSPS) is 14.2. The van der Waals surface area contributed by atoms with Crippen LogP contribution in [0.1, 0.15) is 1.37 Å². The molecule has 1 amide bonds. The Balaban J connectivity index is 3.83. The van der Waals surface area contributed by atoms with Gasteiger partial charge < -0.3 is 15.2 Å². The molecule has 8 heteroatoms. The van der Waals surface area contributed by atoms with Crippen LogP contribution < -0.4 is 5.32 Å². The van der Waals surface area contributed by atoms with Crippen molar-refractivity contribution in [2.45, 2.75) is 3.79 Å². The number of nitrogens with one attached hydrogen (secondary N) is 1. The van der Waals surface area contributed by atoms with Crippen LogP contribution in [0.3, 0.4) is 0 Å². The van der Waals surface area contributed by atoms with Gasteiger partial charge in [-0.25, -0.2) is 4.79 Å². The zero-order valence-electron chi connectivity index (χ0n) is 7.09. The molecule has 0 aromatic carbocycles. The average Bonchev–Trinajstić information content (AvgIpc) is 1.99. The van der Waals surface area contributed by atoms with Crippen molar-refractivity contribution in [3.63, 3.8) is 0 Å². The Labute approximate surface area is 90.3 Å². The topological polar surface area (TPSA) is 75.6 Å². The first-order chi connectivity index (χ1) is 6.22. The SMILES string of the molecule is [2H][C@@H]([14NH]C(=O)OCC(Cl)(Cl)Cl)C(=O)O. The lowest BCUT2D eigenvalue weighted by molar-refractivity contribution is -0.135. The summed E-state index contributed by atoms with van der Waals surface area (Å²) in [6, 6.07) is 0. The minimum atomic E-state index is -1.81. The third-order valence-electron chi connectivity index (χ3n) is 0.680. The summed E-state index contributed by atoms with van der Waals surface area (Å²) in [6.07, 6.45) is -1.14. The van der Waals surface area contributed by atoms with Crippen LogP contribution in [0.25, 0.3) is 0 Å². The second-order valence-electron chi connectivity index (χ2n) is 1.82. The van der Waals surface area contributed by atoms with Gasteiger partial charge in [0.05, 0.1) is 1.37 Å². The molecule has 0 radical (unpaired) electrons. The van der Waals surface area contributed by atoms with Crippen LogP contribution in [-0.4, -0.2) is 34.1 Å². The summed E-state index contributed by atoms with van der Waals surface area (Å²) in [6.45, 7) is -2.34. The molecule has 5 nitrogen and oxygen atoms in total. The Hall–Kier alpha value is -0.390. The summed E-state index contributed by atoms with van der Waals surface area (Å²) in [5, 5.41) is 9.90. The first-order valence-electron chi connectivity index (χ1n) is 3.45. The molecule has 0 aromatic heterocycles. The van der Waals surface area contributed by atoms with Crippen LogP contribution in [0, 0.1) is 0 Å². The van der Waals surface area contributed by atoms with Gasteiger partial charge in [-0.05, 0) is 0 Å². The molecule has 0 aliphatic heterocycles. The highest BCUT2D eigenvalue weighted by molar-refractivity contribution is 6.67. The van der Waals surface area contributed by atoms with Crippen molar-refractivity contribution in [2.75, 3.05) is 13.1 Å². The van der Waals surface area contributed by atoms with Gasteiger partial charge in [-0.3, -0.25) is 4.79 Å². The Morgan fingerprint density at radius 2 is 2.08 bits per heavy atom. The lowest BCUT2D eigenvalue weighted by Gasteiger charge is -2.10. The maximum absolute atomic E-state index is 10.7. The molecule has 0 rings (SSSR count). The zero-order valence-corrected chi connectivity index (χ0v) is 8.36. The maximum atomic E-state index is 10.7. The van der Waals surface area contributed by atoms with Crippen molar-refractivity contribution in [1.29, 1.82) is 0 Å². The van der Waals surface area contributed by atoms with Gasteiger partial charge in [-0.2, -0.15) is 0 Å². The van der Waals surface area contributed by atoms with E-state index in [9.17, 15) is 9.59 Å². The molecule has 0 aliphatic rings. The van der Waals surface area contributed by atoms with Gasteiger partial charge in [0, 0.05) is 0 Å². The van der Waals surface area contributed by atoms with Crippen molar-refractivity contribution < 1.29 is 20.8 Å². The monoisotopic (exact) mass is 250 g/mol. The van der Waals surface area contributed by atoms with Crippen LogP contribution >= 0.6 is 34.8 Å². The molecule has 0 saturated heterocycles. The molecule has 76 valence electrons. The number of alkyl carbamates (subject to hydrolysis) is 1. The molecule has 0 fully saturated rings. The molecule has 1 atom stereocenters. The van der Waals surface area contributed by atoms with Crippen molar-refractivity contribution >= 4 is 46.9 Å². The number of aliphatic carboxylic acids is 1. The Morgan fingerprint density at radius 3 is 2.46 bits per heavy atom. The van der Waals surface area contributed by atoms with Gasteiger partial charge in [0.25, 0.3) is 0 Å². The van der Waals surface area contributed by atoms with E-state index in [1.807, 2.05) is 0 Å². The fourth-order valence-corrected chi connectivity index (χ4v) is 0.473. The summed E-state index contributed by atoms with van der Waals surface area (Å²) in [4.78, 5) is 20.8. The molecule has 0 heterocycles. The second kappa shape index (κ2) is 5.36. The summed E-state index contributed by atoms with van der Waals surface area (Å²) < 4.78 is 9.31. The van der Waals surface area contributed by atoms with Crippen molar-refractivity contribution in [3.05, 3.63) is 0 Å². The van der Waals surface area contributed by atoms with E-state index in [4.69, 9.17) is 41.3 Å². The number of carboxylic acids is 1. The van der Waals surface area contributed by atoms with E-state index in [1.165, 1.54) is 0 Å². The van der Waals surface area contributed by atoms with Crippen molar-refractivity contribution in [2.24, 2.45) is 0 Å². The van der Waals surface area contributed by atoms with E-state index < -0.39 is 29.0 Å². The highest BCUT2D eigenvalue weighted by atomic mass is 35.6. The van der Waals surface area contributed by atoms with Gasteiger partial charge in [-0.1, -0.05) is 34.8 Å². The largest absolute Gasteiger partial charge is 0.480 e. The molecule has 0 bridgehead atoms. The smallest absolute Gasteiger partial charge is 0.407 e. The standard InChI is InChI=1S/C5H6Cl3NO4/c6-5(7,8)2-13-4(12)9-1-3(10)11/h1-2H2,(H,9,12)(H,10,11)/i1D,9+0/t1-/m1/s1. The van der Waals surface area contributed by atoms with Crippen LogP contribution in [-0.2, 0) is 9.53 Å². The summed E-state index contributed by atoms with van der Waals surface area (Å²) in [5.74, 6) is -1.52. The number of ether oxygens (including phenoxy) is 1. The maximum Gasteiger partial charge on any atom is 0.407 e. The molecule has 0 spiro atoms. The number of carboxylic acid groups (broad SMARTS) is 1. The Morgan fingerprint density at radius 1 is 1.54 bits per heavy atom. The molecule has 13 heavy (non-hydrogen) atoms. The predicted molar refractivity (Wildman–Crippen MR) is 47.3 cm³/mol. The first kappa shape index (κ1) is 10.7. The predicted octanol–water partition coefficient (Wildman–Crippen LogP) is 1.17. The summed E-state index contributed by atoms with van der Waals surface area (Å²) in [5.41, 5.74) is 0. The number of hydrogen-bond acceptors (Lipinski definition) is 3. The number of rotatable bonds is 3. The fraction of sp³-hybridized carbons (Fsp3) is 0.600. The fourth-order valence-electron chi connectivity index (χ4n) is 0.310. The van der Waals surface area contributed by atoms with Crippen LogP contribution in [0.4, 0.5) is 4.79 Å². The van der Waals surface area contributed by atoms with E-state index in [0.29, 0.717) is 0 Å². The van der Waals surface area contributed by atoms with Crippen LogP contribution in [0.2, 0.25) is 0 Å².